The molecule has 0 N–H and O–H groups in total. The third-order valence-electron chi connectivity index (χ3n) is 1.66. The van der Waals surface area contributed by atoms with Crippen molar-refractivity contribution in [3.05, 3.63) is 0 Å². The van der Waals surface area contributed by atoms with Crippen LogP contribution in [0.4, 0.5) is 0 Å². The van der Waals surface area contributed by atoms with Gasteiger partial charge in [-0.1, -0.05) is 0 Å². The number of rotatable bonds is 6. The van der Waals surface area contributed by atoms with Gasteiger partial charge in [-0.25, -0.2) is 4.31 Å². The Kier molecular flexibility index (Phi) is 6.87. The highest BCUT2D eigenvalue weighted by molar-refractivity contribution is 8.67. The highest BCUT2D eigenvalue weighted by Crippen LogP contribution is 2.61. The third-order valence-corrected chi connectivity index (χ3v) is 7.34. The molecule has 0 atom stereocenters. The molecule has 0 aromatic carbocycles. The van der Waals surface area contributed by atoms with Gasteiger partial charge in [-0.15, -0.1) is 0 Å². The molecule has 0 rings (SSSR count). The van der Waals surface area contributed by atoms with E-state index in [1.54, 1.807) is 14.2 Å². The zero-order chi connectivity index (χ0) is 11.4. The lowest BCUT2D eigenvalue weighted by Crippen LogP contribution is -2.30. The van der Waals surface area contributed by atoms with Gasteiger partial charge in [0.2, 0.25) is 0 Å². The van der Waals surface area contributed by atoms with Crippen molar-refractivity contribution in [2.45, 2.75) is 39.8 Å². The molecular weight excluding hydrogens is 237 g/mol. The quantitative estimate of drug-likeness (QED) is 0.536. The van der Waals surface area contributed by atoms with Gasteiger partial charge in [-0.2, -0.15) is 0 Å². The van der Waals surface area contributed by atoms with E-state index in [4.69, 9.17) is 20.9 Å². The second-order valence-electron chi connectivity index (χ2n) is 3.44. The molecule has 0 bridgehead atoms. The van der Waals surface area contributed by atoms with Crippen LogP contribution in [0, 0.1) is 0 Å². The molecule has 0 spiro atoms. The number of hydrogen-bond donors (Lipinski definition) is 0. The molecule has 0 aliphatic rings. The van der Waals surface area contributed by atoms with E-state index < -0.39 is 5.69 Å². The predicted octanol–water partition coefficient (Wildman–Crippen LogP) is 3.27. The van der Waals surface area contributed by atoms with Crippen molar-refractivity contribution in [1.82, 2.24) is 4.31 Å². The Bertz CT molecular complexity index is 196. The Morgan fingerprint density at radius 2 is 1.43 bits per heavy atom. The minimum absolute atomic E-state index is 0.424. The summed E-state index contributed by atoms with van der Waals surface area (Å²) in [5.41, 5.74) is -2.17. The van der Waals surface area contributed by atoms with Crippen molar-refractivity contribution in [1.29, 1.82) is 0 Å². The molecule has 0 aliphatic carbocycles. The van der Waals surface area contributed by atoms with Gasteiger partial charge >= 0.3 is 0 Å². The van der Waals surface area contributed by atoms with E-state index in [9.17, 15) is 0 Å². The van der Waals surface area contributed by atoms with Crippen LogP contribution in [0.15, 0.2) is 0 Å². The Morgan fingerprint density at radius 1 is 1.07 bits per heavy atom. The van der Waals surface area contributed by atoms with Crippen molar-refractivity contribution < 1.29 is 9.05 Å². The van der Waals surface area contributed by atoms with Crippen LogP contribution in [0.25, 0.3) is 0 Å². The van der Waals surface area contributed by atoms with E-state index in [1.165, 1.54) is 11.6 Å². The van der Waals surface area contributed by atoms with Gasteiger partial charge in [-0.05, 0) is 39.5 Å². The number of hydrogen-bond acceptors (Lipinski definition) is 5. The van der Waals surface area contributed by atoms with Crippen LogP contribution in [0.2, 0.25) is 0 Å². The van der Waals surface area contributed by atoms with Crippen LogP contribution in [0.5, 0.6) is 0 Å². The summed E-state index contributed by atoms with van der Waals surface area (Å²) in [6.45, 7) is 8.55. The molecule has 0 saturated heterocycles. The van der Waals surface area contributed by atoms with Gasteiger partial charge in [0.15, 0.2) is 0 Å². The fourth-order valence-corrected chi connectivity index (χ4v) is 4.85. The maximum absolute atomic E-state index is 5.31. The molecule has 86 valence electrons. The van der Waals surface area contributed by atoms with E-state index in [1.807, 2.05) is 0 Å². The topological polar surface area (TPSA) is 21.7 Å². The van der Waals surface area contributed by atoms with Crippen molar-refractivity contribution in [2.75, 3.05) is 14.2 Å². The molecule has 14 heavy (non-hydrogen) atoms. The summed E-state index contributed by atoms with van der Waals surface area (Å²) >= 11 is 6.83. The van der Waals surface area contributed by atoms with Gasteiger partial charge in [0.05, 0.1) is 0 Å². The zero-order valence-corrected chi connectivity index (χ0v) is 12.2. The van der Waals surface area contributed by atoms with Crippen molar-refractivity contribution >= 4 is 29.1 Å². The first-order chi connectivity index (χ1) is 6.36. The Balaban J connectivity index is 4.50. The van der Waals surface area contributed by atoms with E-state index in [-0.39, 0.29) is 0 Å². The first-order valence-corrected chi connectivity index (χ1v) is 8.57. The summed E-state index contributed by atoms with van der Waals surface area (Å²) in [4.78, 5) is 0. The van der Waals surface area contributed by atoms with Crippen LogP contribution < -0.4 is 0 Å². The summed E-state index contributed by atoms with van der Waals surface area (Å²) in [5, 5.41) is 0. The Morgan fingerprint density at radius 3 is 1.64 bits per heavy atom. The highest BCUT2D eigenvalue weighted by atomic mass is 32.9. The molecule has 3 nitrogen and oxygen atoms in total. The van der Waals surface area contributed by atoms with Crippen LogP contribution in [0.3, 0.4) is 0 Å². The van der Waals surface area contributed by atoms with Gasteiger partial charge in [0.25, 0.3) is 5.69 Å². The lowest BCUT2D eigenvalue weighted by Gasteiger charge is -2.32. The molecule has 0 fully saturated rings. The van der Waals surface area contributed by atoms with Gasteiger partial charge in [0.1, 0.15) is 0 Å². The van der Waals surface area contributed by atoms with E-state index in [2.05, 4.69) is 32.0 Å². The Labute approximate surface area is 96.6 Å². The third kappa shape index (κ3) is 4.60. The monoisotopic (exact) mass is 257 g/mol. The summed E-state index contributed by atoms with van der Waals surface area (Å²) < 4.78 is 12.7. The molecule has 0 aromatic heterocycles. The second kappa shape index (κ2) is 6.46. The SMILES string of the molecule is COP(=S)(OC)SN(C(C)C)C(C)C. The standard InChI is InChI=1S/C8H20NO2PS2/c1-7(2)9(8(3)4)14-12(13,10-5)11-6/h7-8H,1-6H3. The lowest BCUT2D eigenvalue weighted by molar-refractivity contribution is 0.327. The fourth-order valence-electron chi connectivity index (χ4n) is 1.04. The minimum Gasteiger partial charge on any atom is -0.324 e. The van der Waals surface area contributed by atoms with Gasteiger partial charge in [-0.3, -0.25) is 0 Å². The smallest absolute Gasteiger partial charge is 0.261 e. The highest BCUT2D eigenvalue weighted by Gasteiger charge is 2.25. The van der Waals surface area contributed by atoms with Gasteiger partial charge in [0, 0.05) is 37.9 Å². The first-order valence-electron chi connectivity index (χ1n) is 4.56. The lowest BCUT2D eigenvalue weighted by atomic mass is 10.3. The molecular formula is C8H20NO2PS2. The zero-order valence-electron chi connectivity index (χ0n) is 9.68. The molecule has 0 saturated carbocycles. The van der Waals surface area contributed by atoms with E-state index in [0.29, 0.717) is 12.1 Å². The predicted molar refractivity (Wildman–Crippen MR) is 68.0 cm³/mol. The molecule has 6 heteroatoms. The normalized spacial score (nSPS) is 13.2. The van der Waals surface area contributed by atoms with E-state index >= 15 is 0 Å². The van der Waals surface area contributed by atoms with Crippen molar-refractivity contribution in [2.24, 2.45) is 0 Å². The second-order valence-corrected chi connectivity index (χ2v) is 9.72. The maximum Gasteiger partial charge on any atom is 0.261 e. The van der Waals surface area contributed by atoms with Crippen molar-refractivity contribution in [3.8, 4) is 0 Å². The minimum atomic E-state index is -2.17. The molecule has 0 aliphatic heterocycles. The number of nitrogens with zero attached hydrogens (tertiary/aromatic N) is 1. The molecule has 0 heterocycles. The van der Waals surface area contributed by atoms with Crippen LogP contribution in [0.1, 0.15) is 27.7 Å². The molecule has 0 amide bonds. The van der Waals surface area contributed by atoms with E-state index in [0.717, 1.165) is 0 Å². The summed E-state index contributed by atoms with van der Waals surface area (Å²) in [6, 6.07) is 0.847. The summed E-state index contributed by atoms with van der Waals surface area (Å²) in [5.74, 6) is 0. The average Bonchev–Trinajstić information content (AvgIpc) is 2.13. The molecule has 0 aromatic rings. The summed E-state index contributed by atoms with van der Waals surface area (Å²) in [6.07, 6.45) is 0. The van der Waals surface area contributed by atoms with Crippen molar-refractivity contribution in [3.63, 3.8) is 0 Å². The molecule has 0 unspecified atom stereocenters. The van der Waals surface area contributed by atoms with Crippen LogP contribution in [-0.2, 0) is 20.9 Å². The van der Waals surface area contributed by atoms with Crippen LogP contribution in [-0.4, -0.2) is 30.6 Å². The summed E-state index contributed by atoms with van der Waals surface area (Å²) in [7, 11) is 3.21. The average molecular weight is 257 g/mol. The van der Waals surface area contributed by atoms with Gasteiger partial charge < -0.3 is 9.05 Å². The fraction of sp³-hybridized carbons (Fsp3) is 1.00. The van der Waals surface area contributed by atoms with Crippen LogP contribution >= 0.6 is 17.3 Å². The molecule has 0 radical (unpaired) electrons. The Hall–Kier alpha value is 0.880. The first kappa shape index (κ1) is 14.9. The largest absolute Gasteiger partial charge is 0.324 e. The maximum atomic E-state index is 5.31.